The van der Waals surface area contributed by atoms with Crippen molar-refractivity contribution < 1.29 is 0 Å². The van der Waals surface area contributed by atoms with Crippen molar-refractivity contribution in [2.45, 2.75) is 96.2 Å². The van der Waals surface area contributed by atoms with Crippen molar-refractivity contribution in [1.82, 2.24) is 10.2 Å². The summed E-state index contributed by atoms with van der Waals surface area (Å²) in [7, 11) is 2.41. The van der Waals surface area contributed by atoms with Gasteiger partial charge in [0.05, 0.1) is 0 Å². The summed E-state index contributed by atoms with van der Waals surface area (Å²) in [5.41, 5.74) is 0. The number of nitrogens with zero attached hydrogens (tertiary/aromatic N) is 1. The van der Waals surface area contributed by atoms with Crippen LogP contribution in [0.2, 0.25) is 0 Å². The van der Waals surface area contributed by atoms with E-state index in [0.29, 0.717) is 0 Å². The second kappa shape index (κ2) is 8.38. The Labute approximate surface area is 126 Å². The molecule has 2 unspecified atom stereocenters. The summed E-state index contributed by atoms with van der Waals surface area (Å²) in [6, 6.07) is 2.39. The van der Waals surface area contributed by atoms with Gasteiger partial charge in [-0.25, -0.2) is 0 Å². The van der Waals surface area contributed by atoms with Crippen molar-refractivity contribution in [3.05, 3.63) is 0 Å². The highest BCUT2D eigenvalue weighted by atomic mass is 15.2. The molecule has 0 amide bonds. The summed E-state index contributed by atoms with van der Waals surface area (Å²) in [5.74, 6) is 1.01. The van der Waals surface area contributed by atoms with Gasteiger partial charge in [0.2, 0.25) is 0 Å². The van der Waals surface area contributed by atoms with Gasteiger partial charge in [-0.3, -0.25) is 4.90 Å². The molecule has 0 aromatic rings. The number of rotatable bonds is 6. The van der Waals surface area contributed by atoms with Crippen LogP contribution in [0.1, 0.15) is 78.1 Å². The van der Waals surface area contributed by atoms with Gasteiger partial charge in [0.25, 0.3) is 0 Å². The molecule has 1 N–H and O–H groups in total. The highest BCUT2D eigenvalue weighted by Gasteiger charge is 2.32. The zero-order valence-corrected chi connectivity index (χ0v) is 14.0. The van der Waals surface area contributed by atoms with Crippen LogP contribution >= 0.6 is 0 Å². The van der Waals surface area contributed by atoms with Crippen LogP contribution in [-0.2, 0) is 0 Å². The topological polar surface area (TPSA) is 15.3 Å². The normalized spacial score (nSPS) is 35.4. The lowest BCUT2D eigenvalue weighted by Gasteiger charge is -2.44. The van der Waals surface area contributed by atoms with Crippen molar-refractivity contribution >= 4 is 0 Å². The molecule has 0 spiro atoms. The smallest absolute Gasteiger partial charge is 0.0249 e. The van der Waals surface area contributed by atoms with Gasteiger partial charge in [0, 0.05) is 18.1 Å². The van der Waals surface area contributed by atoms with Crippen LogP contribution in [-0.4, -0.2) is 36.6 Å². The fraction of sp³-hybridized carbons (Fsp3) is 1.00. The van der Waals surface area contributed by atoms with Gasteiger partial charge in [-0.1, -0.05) is 33.1 Å². The summed E-state index contributed by atoms with van der Waals surface area (Å²) < 4.78 is 0. The van der Waals surface area contributed by atoms with Crippen LogP contribution < -0.4 is 5.32 Å². The first-order valence-corrected chi connectivity index (χ1v) is 9.21. The van der Waals surface area contributed by atoms with Gasteiger partial charge in [0.1, 0.15) is 0 Å². The molecule has 2 aliphatic rings. The Balaban J connectivity index is 1.87. The van der Waals surface area contributed by atoms with E-state index in [1.165, 1.54) is 70.8 Å². The van der Waals surface area contributed by atoms with Crippen LogP contribution in [0, 0.1) is 5.92 Å². The average Bonchev–Trinajstić information content (AvgIpc) is 2.52. The molecule has 2 rings (SSSR count). The molecule has 118 valence electrons. The van der Waals surface area contributed by atoms with Gasteiger partial charge in [-0.05, 0) is 64.5 Å². The standard InChI is InChI=1S/C18H36N2/c1-4-14-19-17-8-6-7-9-18(17)20(3)16-12-10-15(5-2)11-13-16/h15-19H,4-14H2,1-3H3. The largest absolute Gasteiger partial charge is 0.312 e. The molecule has 2 atom stereocenters. The Morgan fingerprint density at radius 1 is 0.950 bits per heavy atom. The Morgan fingerprint density at radius 2 is 1.65 bits per heavy atom. The molecule has 2 aliphatic carbocycles. The number of nitrogens with one attached hydrogen (secondary N) is 1. The van der Waals surface area contributed by atoms with E-state index in [1.54, 1.807) is 0 Å². The average molecular weight is 281 g/mol. The predicted molar refractivity (Wildman–Crippen MR) is 88.1 cm³/mol. The van der Waals surface area contributed by atoms with Crippen molar-refractivity contribution in [1.29, 1.82) is 0 Å². The molecule has 0 bridgehead atoms. The Bertz CT molecular complexity index is 258. The molecule has 0 aromatic carbocycles. The van der Waals surface area contributed by atoms with Gasteiger partial charge < -0.3 is 5.32 Å². The summed E-state index contributed by atoms with van der Waals surface area (Å²) in [6.45, 7) is 5.83. The molecule has 2 nitrogen and oxygen atoms in total. The highest BCUT2D eigenvalue weighted by Crippen LogP contribution is 2.32. The molecular formula is C18H36N2. The van der Waals surface area contributed by atoms with Crippen LogP contribution in [0.5, 0.6) is 0 Å². The minimum atomic E-state index is 0.748. The third-order valence-electron chi connectivity index (χ3n) is 5.88. The lowest BCUT2D eigenvalue weighted by molar-refractivity contribution is 0.0756. The number of hydrogen-bond donors (Lipinski definition) is 1. The van der Waals surface area contributed by atoms with Crippen molar-refractivity contribution in [2.24, 2.45) is 5.92 Å². The zero-order valence-electron chi connectivity index (χ0n) is 14.0. The number of likely N-dealkylation sites (N-methyl/N-ethyl adjacent to an activating group) is 1. The van der Waals surface area contributed by atoms with E-state index >= 15 is 0 Å². The molecule has 2 saturated carbocycles. The Morgan fingerprint density at radius 3 is 2.30 bits per heavy atom. The summed E-state index contributed by atoms with van der Waals surface area (Å²) >= 11 is 0. The molecule has 0 heterocycles. The quantitative estimate of drug-likeness (QED) is 0.784. The molecular weight excluding hydrogens is 244 g/mol. The molecule has 0 aliphatic heterocycles. The van der Waals surface area contributed by atoms with E-state index in [1.807, 2.05) is 0 Å². The van der Waals surface area contributed by atoms with Crippen molar-refractivity contribution in [2.75, 3.05) is 13.6 Å². The van der Waals surface area contributed by atoms with E-state index in [2.05, 4.69) is 31.1 Å². The van der Waals surface area contributed by atoms with E-state index in [-0.39, 0.29) is 0 Å². The van der Waals surface area contributed by atoms with Crippen molar-refractivity contribution in [3.63, 3.8) is 0 Å². The second-order valence-electron chi connectivity index (χ2n) is 7.16. The first-order chi connectivity index (χ1) is 9.76. The zero-order chi connectivity index (χ0) is 14.4. The monoisotopic (exact) mass is 280 g/mol. The summed E-state index contributed by atoms with van der Waals surface area (Å²) in [4.78, 5) is 2.76. The lowest BCUT2D eigenvalue weighted by atomic mass is 9.82. The molecule has 0 aromatic heterocycles. The van der Waals surface area contributed by atoms with Gasteiger partial charge in [0.15, 0.2) is 0 Å². The highest BCUT2D eigenvalue weighted by molar-refractivity contribution is 4.91. The number of hydrogen-bond acceptors (Lipinski definition) is 2. The second-order valence-corrected chi connectivity index (χ2v) is 7.16. The maximum Gasteiger partial charge on any atom is 0.0249 e. The maximum atomic E-state index is 3.82. The molecule has 2 fully saturated rings. The van der Waals surface area contributed by atoms with Crippen LogP contribution in [0.15, 0.2) is 0 Å². The maximum absolute atomic E-state index is 3.82. The minimum Gasteiger partial charge on any atom is -0.312 e. The first-order valence-electron chi connectivity index (χ1n) is 9.21. The Kier molecular flexibility index (Phi) is 6.83. The molecule has 0 saturated heterocycles. The first kappa shape index (κ1) is 16.3. The minimum absolute atomic E-state index is 0.748. The summed E-state index contributed by atoms with van der Waals surface area (Å²) in [6.07, 6.45) is 14.1. The summed E-state index contributed by atoms with van der Waals surface area (Å²) in [5, 5.41) is 3.82. The van der Waals surface area contributed by atoms with Crippen molar-refractivity contribution in [3.8, 4) is 0 Å². The van der Waals surface area contributed by atoms with E-state index < -0.39 is 0 Å². The predicted octanol–water partition coefficient (Wildman–Crippen LogP) is 4.20. The van der Waals surface area contributed by atoms with E-state index in [0.717, 1.165) is 24.0 Å². The van der Waals surface area contributed by atoms with E-state index in [4.69, 9.17) is 0 Å². The molecule has 2 heteroatoms. The van der Waals surface area contributed by atoms with Gasteiger partial charge >= 0.3 is 0 Å². The van der Waals surface area contributed by atoms with Crippen LogP contribution in [0.4, 0.5) is 0 Å². The third kappa shape index (κ3) is 4.21. The lowest BCUT2D eigenvalue weighted by Crippen LogP contribution is -2.54. The molecule has 0 radical (unpaired) electrons. The Hall–Kier alpha value is -0.0800. The van der Waals surface area contributed by atoms with Gasteiger partial charge in [-0.15, -0.1) is 0 Å². The SMILES string of the molecule is CCCNC1CCCCC1N(C)C1CCC(CC)CC1. The van der Waals surface area contributed by atoms with Gasteiger partial charge in [-0.2, -0.15) is 0 Å². The van der Waals surface area contributed by atoms with Crippen LogP contribution in [0.3, 0.4) is 0 Å². The van der Waals surface area contributed by atoms with E-state index in [9.17, 15) is 0 Å². The molecule has 20 heavy (non-hydrogen) atoms. The van der Waals surface area contributed by atoms with Crippen LogP contribution in [0.25, 0.3) is 0 Å². The third-order valence-corrected chi connectivity index (χ3v) is 5.88. The fourth-order valence-corrected chi connectivity index (χ4v) is 4.40. The fourth-order valence-electron chi connectivity index (χ4n) is 4.40.